The quantitative estimate of drug-likeness (QED) is 0.487. The van der Waals surface area contributed by atoms with Crippen LogP contribution in [0.15, 0.2) is 6.07 Å². The number of alkyl carbamates (subject to hydrolysis) is 1. The predicted molar refractivity (Wildman–Crippen MR) is 74.9 cm³/mol. The second kappa shape index (κ2) is 7.24. The minimum Gasteiger partial charge on any atom is -0.444 e. The van der Waals surface area contributed by atoms with Crippen LogP contribution in [0.2, 0.25) is 0 Å². The third kappa shape index (κ3) is 5.87. The van der Waals surface area contributed by atoms with Gasteiger partial charge in [0, 0.05) is 12.6 Å². The van der Waals surface area contributed by atoms with Crippen LogP contribution in [0.3, 0.4) is 0 Å². The fraction of sp³-hybridized carbons (Fsp3) is 0.462. The predicted octanol–water partition coefficient (Wildman–Crippen LogP) is 2.48. The third-order valence-corrected chi connectivity index (χ3v) is 3.43. The van der Waals surface area contributed by atoms with E-state index in [1.54, 1.807) is 20.8 Å². The van der Waals surface area contributed by atoms with Crippen molar-refractivity contribution in [2.75, 3.05) is 12.3 Å². The monoisotopic (exact) mass is 373 g/mol. The average molecular weight is 373 g/mol. The van der Waals surface area contributed by atoms with E-state index >= 15 is 0 Å². The molecule has 0 radical (unpaired) electrons. The van der Waals surface area contributed by atoms with Gasteiger partial charge in [-0.2, -0.15) is 17.2 Å². The molecule has 1 rings (SSSR count). The molecular formula is C13H15F4NO5S. The largest absolute Gasteiger partial charge is 0.444 e. The Hall–Kier alpha value is -2.04. The first kappa shape index (κ1) is 20.0. The Bertz CT molecular complexity index is 705. The van der Waals surface area contributed by atoms with Crippen molar-refractivity contribution in [2.45, 2.75) is 26.4 Å². The molecule has 136 valence electrons. The lowest BCUT2D eigenvalue weighted by Gasteiger charge is -2.19. The topological polar surface area (TPSA) is 81.7 Å². The van der Waals surface area contributed by atoms with E-state index < -0.39 is 63.1 Å². The van der Waals surface area contributed by atoms with Crippen LogP contribution < -0.4 is 9.50 Å². The first-order chi connectivity index (χ1) is 10.8. The molecule has 0 fully saturated rings. The molecule has 11 heteroatoms. The van der Waals surface area contributed by atoms with Gasteiger partial charge in [-0.1, -0.05) is 0 Å². The Labute approximate surface area is 135 Å². The molecule has 0 aliphatic rings. The maximum Gasteiger partial charge on any atom is 0.407 e. The lowest BCUT2D eigenvalue weighted by molar-refractivity contribution is 0.0531. The summed E-state index contributed by atoms with van der Waals surface area (Å²) in [6.45, 7) is 4.22. The molecule has 0 aromatic heterocycles. The van der Waals surface area contributed by atoms with E-state index in [1.165, 1.54) is 0 Å². The minimum atomic E-state index is -4.64. The van der Waals surface area contributed by atoms with Gasteiger partial charge in [-0.3, -0.25) is 0 Å². The van der Waals surface area contributed by atoms with E-state index in [0.29, 0.717) is 0 Å². The highest BCUT2D eigenvalue weighted by Crippen LogP contribution is 2.27. The molecule has 0 spiro atoms. The zero-order chi connectivity index (χ0) is 18.7. The van der Waals surface area contributed by atoms with Gasteiger partial charge in [0.15, 0.2) is 11.6 Å². The molecule has 1 aromatic rings. The summed E-state index contributed by atoms with van der Waals surface area (Å²) in [6.07, 6.45) is -0.924. The standard InChI is InChI=1S/C13H15F4NO5S/c1-13(2,3)22-12(19)18-4-5-24(20,21)23-11-9(16)7(14)6-8(15)10(11)17/h6H,4-5H2,1-3H3,(H,18,19). The summed E-state index contributed by atoms with van der Waals surface area (Å²) in [7, 11) is -4.64. The van der Waals surface area contributed by atoms with E-state index in [1.807, 2.05) is 0 Å². The zero-order valence-corrected chi connectivity index (χ0v) is 13.8. The molecule has 6 nitrogen and oxygen atoms in total. The summed E-state index contributed by atoms with van der Waals surface area (Å²) >= 11 is 0. The van der Waals surface area contributed by atoms with Crippen LogP contribution >= 0.6 is 0 Å². The summed E-state index contributed by atoms with van der Waals surface area (Å²) in [5.74, 6) is -10.2. The van der Waals surface area contributed by atoms with Crippen LogP contribution in [0.1, 0.15) is 20.8 Å². The Balaban J connectivity index is 2.74. The van der Waals surface area contributed by atoms with Crippen LogP contribution in [0.5, 0.6) is 5.75 Å². The second-order valence-corrected chi connectivity index (χ2v) is 7.26. The smallest absolute Gasteiger partial charge is 0.407 e. The van der Waals surface area contributed by atoms with Crippen molar-refractivity contribution >= 4 is 16.2 Å². The molecule has 0 saturated heterocycles. The number of amides is 1. The number of halogens is 4. The van der Waals surface area contributed by atoms with Gasteiger partial charge < -0.3 is 14.2 Å². The lowest BCUT2D eigenvalue weighted by atomic mass is 10.2. The first-order valence-electron chi connectivity index (χ1n) is 6.54. The number of rotatable bonds is 5. The number of carbonyl (C=O) groups is 1. The van der Waals surface area contributed by atoms with Gasteiger partial charge in [0.2, 0.25) is 17.4 Å². The van der Waals surface area contributed by atoms with Crippen LogP contribution in [-0.4, -0.2) is 32.4 Å². The Kier molecular flexibility index (Phi) is 6.04. The highest BCUT2D eigenvalue weighted by Gasteiger charge is 2.26. The molecule has 0 bridgehead atoms. The van der Waals surface area contributed by atoms with Gasteiger partial charge in [-0.05, 0) is 20.8 Å². The van der Waals surface area contributed by atoms with E-state index in [2.05, 4.69) is 9.50 Å². The van der Waals surface area contributed by atoms with Gasteiger partial charge in [0.25, 0.3) is 0 Å². The van der Waals surface area contributed by atoms with Crippen molar-refractivity contribution < 1.29 is 39.7 Å². The Morgan fingerprint density at radius 2 is 1.62 bits per heavy atom. The molecule has 1 aromatic carbocycles. The van der Waals surface area contributed by atoms with Gasteiger partial charge in [-0.15, -0.1) is 0 Å². The van der Waals surface area contributed by atoms with Crippen molar-refractivity contribution in [3.63, 3.8) is 0 Å². The van der Waals surface area contributed by atoms with Crippen LogP contribution in [0.25, 0.3) is 0 Å². The normalized spacial score (nSPS) is 12.0. The summed E-state index contributed by atoms with van der Waals surface area (Å²) in [4.78, 5) is 11.3. The molecule has 0 aliphatic heterocycles. The van der Waals surface area contributed by atoms with E-state index in [-0.39, 0.29) is 6.07 Å². The second-order valence-electron chi connectivity index (χ2n) is 5.57. The molecule has 0 atom stereocenters. The number of hydrogen-bond acceptors (Lipinski definition) is 5. The molecular weight excluding hydrogens is 358 g/mol. The van der Waals surface area contributed by atoms with Gasteiger partial charge >= 0.3 is 16.2 Å². The van der Waals surface area contributed by atoms with E-state index in [4.69, 9.17) is 4.74 Å². The summed E-state index contributed by atoms with van der Waals surface area (Å²) < 4.78 is 84.8. The molecule has 0 aliphatic carbocycles. The van der Waals surface area contributed by atoms with Crippen LogP contribution in [0, 0.1) is 23.3 Å². The van der Waals surface area contributed by atoms with Gasteiger partial charge in [0.05, 0.1) is 0 Å². The highest BCUT2D eigenvalue weighted by molar-refractivity contribution is 7.87. The van der Waals surface area contributed by atoms with Gasteiger partial charge in [-0.25, -0.2) is 13.6 Å². The summed E-state index contributed by atoms with van der Waals surface area (Å²) in [5, 5.41) is 2.08. The maximum absolute atomic E-state index is 13.3. The van der Waals surface area contributed by atoms with E-state index in [9.17, 15) is 30.8 Å². The van der Waals surface area contributed by atoms with E-state index in [0.717, 1.165) is 0 Å². The molecule has 1 N–H and O–H groups in total. The van der Waals surface area contributed by atoms with Crippen molar-refractivity contribution in [3.05, 3.63) is 29.3 Å². The van der Waals surface area contributed by atoms with Gasteiger partial charge in [0.1, 0.15) is 11.4 Å². The molecule has 0 unspecified atom stereocenters. The first-order valence-corrected chi connectivity index (χ1v) is 8.12. The number of carbonyl (C=O) groups excluding carboxylic acids is 1. The molecule has 1 amide bonds. The molecule has 0 saturated carbocycles. The number of hydrogen-bond donors (Lipinski definition) is 1. The minimum absolute atomic E-state index is 0.0891. The third-order valence-electron chi connectivity index (χ3n) is 2.30. The Morgan fingerprint density at radius 3 is 2.08 bits per heavy atom. The van der Waals surface area contributed by atoms with Crippen molar-refractivity contribution in [3.8, 4) is 5.75 Å². The van der Waals surface area contributed by atoms with Crippen LogP contribution in [-0.2, 0) is 14.9 Å². The number of benzene rings is 1. The van der Waals surface area contributed by atoms with Crippen LogP contribution in [0.4, 0.5) is 22.4 Å². The fourth-order valence-corrected chi connectivity index (χ4v) is 2.22. The maximum atomic E-state index is 13.3. The highest BCUT2D eigenvalue weighted by atomic mass is 32.2. The molecule has 0 heterocycles. The zero-order valence-electron chi connectivity index (χ0n) is 13.0. The number of ether oxygens (including phenoxy) is 1. The Morgan fingerprint density at radius 1 is 1.12 bits per heavy atom. The number of nitrogens with one attached hydrogen (secondary N) is 1. The average Bonchev–Trinajstić information content (AvgIpc) is 2.39. The lowest BCUT2D eigenvalue weighted by Crippen LogP contribution is -2.35. The summed E-state index contributed by atoms with van der Waals surface area (Å²) in [6, 6.07) is -0.0891. The SMILES string of the molecule is CC(C)(C)OC(=O)NCCS(=O)(=O)Oc1c(F)c(F)cc(F)c1F. The van der Waals surface area contributed by atoms with Crippen molar-refractivity contribution in [2.24, 2.45) is 0 Å². The van der Waals surface area contributed by atoms with Crippen molar-refractivity contribution in [1.82, 2.24) is 5.32 Å². The fourth-order valence-electron chi connectivity index (χ4n) is 1.39. The summed E-state index contributed by atoms with van der Waals surface area (Å²) in [5.41, 5.74) is -0.815. The molecule has 24 heavy (non-hydrogen) atoms. The van der Waals surface area contributed by atoms with Crippen molar-refractivity contribution in [1.29, 1.82) is 0 Å².